The first-order chi connectivity index (χ1) is 7.24. The number of nitrogens with zero attached hydrogens (tertiary/aromatic N) is 2. The molecule has 0 bridgehead atoms. The summed E-state index contributed by atoms with van der Waals surface area (Å²) in [6, 6.07) is 7.96. The standard InChI is InChI=1S/C10H8FN3S/c11-7-2-1-3-8(4-7)15-10-5-9(12)13-6-14-10/h1-6H,(H2,12,13,14). The van der Waals surface area contributed by atoms with E-state index in [1.165, 1.54) is 30.2 Å². The van der Waals surface area contributed by atoms with Gasteiger partial charge in [-0.05, 0) is 18.2 Å². The number of rotatable bonds is 2. The van der Waals surface area contributed by atoms with Gasteiger partial charge in [-0.2, -0.15) is 0 Å². The van der Waals surface area contributed by atoms with E-state index in [-0.39, 0.29) is 5.82 Å². The summed E-state index contributed by atoms with van der Waals surface area (Å²) in [5.41, 5.74) is 5.50. The van der Waals surface area contributed by atoms with Crippen molar-refractivity contribution in [3.8, 4) is 0 Å². The molecule has 0 atom stereocenters. The maximum atomic E-state index is 12.9. The van der Waals surface area contributed by atoms with Crippen LogP contribution in [-0.4, -0.2) is 9.97 Å². The lowest BCUT2D eigenvalue weighted by Crippen LogP contribution is -1.91. The zero-order chi connectivity index (χ0) is 10.7. The summed E-state index contributed by atoms with van der Waals surface area (Å²) in [4.78, 5) is 8.58. The molecule has 5 heteroatoms. The quantitative estimate of drug-likeness (QED) is 0.791. The molecular weight excluding hydrogens is 213 g/mol. The van der Waals surface area contributed by atoms with Crippen molar-refractivity contribution in [2.75, 3.05) is 5.73 Å². The molecule has 0 saturated heterocycles. The fraction of sp³-hybridized carbons (Fsp3) is 0. The largest absolute Gasteiger partial charge is 0.384 e. The average Bonchev–Trinajstić information content (AvgIpc) is 2.17. The van der Waals surface area contributed by atoms with Crippen LogP contribution in [0.25, 0.3) is 0 Å². The van der Waals surface area contributed by atoms with Gasteiger partial charge < -0.3 is 5.73 Å². The Balaban J connectivity index is 2.22. The van der Waals surface area contributed by atoms with Gasteiger partial charge >= 0.3 is 0 Å². The Bertz CT molecular complexity index is 432. The van der Waals surface area contributed by atoms with E-state index >= 15 is 0 Å². The molecule has 76 valence electrons. The van der Waals surface area contributed by atoms with Gasteiger partial charge in [0, 0.05) is 11.0 Å². The number of hydrogen-bond acceptors (Lipinski definition) is 4. The smallest absolute Gasteiger partial charge is 0.127 e. The molecule has 1 heterocycles. The molecule has 0 unspecified atom stereocenters. The Morgan fingerprint density at radius 3 is 2.80 bits per heavy atom. The molecule has 2 N–H and O–H groups in total. The molecule has 2 aromatic rings. The molecule has 0 fully saturated rings. The molecule has 0 aliphatic carbocycles. The second kappa shape index (κ2) is 4.27. The Kier molecular flexibility index (Phi) is 2.82. The topological polar surface area (TPSA) is 51.8 Å². The summed E-state index contributed by atoms with van der Waals surface area (Å²) in [7, 11) is 0. The number of hydrogen-bond donors (Lipinski definition) is 1. The van der Waals surface area contributed by atoms with Crippen LogP contribution in [0.4, 0.5) is 10.2 Å². The molecule has 0 spiro atoms. The number of benzene rings is 1. The van der Waals surface area contributed by atoms with Gasteiger partial charge in [-0.1, -0.05) is 17.8 Å². The predicted molar refractivity (Wildman–Crippen MR) is 57.0 cm³/mol. The van der Waals surface area contributed by atoms with Crippen molar-refractivity contribution in [2.24, 2.45) is 0 Å². The van der Waals surface area contributed by atoms with Crippen LogP contribution in [0.2, 0.25) is 0 Å². The molecule has 2 rings (SSSR count). The van der Waals surface area contributed by atoms with Crippen LogP contribution in [0.5, 0.6) is 0 Å². The maximum absolute atomic E-state index is 12.9. The van der Waals surface area contributed by atoms with E-state index in [1.807, 2.05) is 6.07 Å². The van der Waals surface area contributed by atoms with Crippen molar-refractivity contribution in [1.29, 1.82) is 0 Å². The van der Waals surface area contributed by atoms with Gasteiger partial charge in [-0.15, -0.1) is 0 Å². The highest BCUT2D eigenvalue weighted by molar-refractivity contribution is 7.99. The van der Waals surface area contributed by atoms with Gasteiger partial charge in [0.25, 0.3) is 0 Å². The van der Waals surface area contributed by atoms with Crippen molar-refractivity contribution in [3.63, 3.8) is 0 Å². The van der Waals surface area contributed by atoms with E-state index in [0.717, 1.165) is 4.90 Å². The second-order valence-corrected chi connectivity index (χ2v) is 3.93. The van der Waals surface area contributed by atoms with Crippen LogP contribution < -0.4 is 5.73 Å². The Labute approximate surface area is 90.6 Å². The Hall–Kier alpha value is -1.62. The van der Waals surface area contributed by atoms with Gasteiger partial charge in [-0.3, -0.25) is 0 Å². The van der Waals surface area contributed by atoms with Gasteiger partial charge in [0.2, 0.25) is 0 Å². The number of nitrogen functional groups attached to an aromatic ring is 1. The number of halogens is 1. The third-order valence-corrected chi connectivity index (χ3v) is 2.60. The average molecular weight is 221 g/mol. The lowest BCUT2D eigenvalue weighted by Gasteiger charge is -2.00. The zero-order valence-corrected chi connectivity index (χ0v) is 8.54. The summed E-state index contributed by atoms with van der Waals surface area (Å²) in [5, 5.41) is 0.702. The highest BCUT2D eigenvalue weighted by Crippen LogP contribution is 2.26. The third-order valence-electron chi connectivity index (χ3n) is 1.68. The minimum absolute atomic E-state index is 0.262. The molecule has 0 aliphatic rings. The Morgan fingerprint density at radius 1 is 1.20 bits per heavy atom. The SMILES string of the molecule is Nc1cc(Sc2cccc(F)c2)ncn1. The fourth-order valence-electron chi connectivity index (χ4n) is 1.06. The zero-order valence-electron chi connectivity index (χ0n) is 7.72. The number of nitrogens with two attached hydrogens (primary N) is 1. The maximum Gasteiger partial charge on any atom is 0.127 e. The van der Waals surface area contributed by atoms with Crippen LogP contribution in [0, 0.1) is 5.82 Å². The van der Waals surface area contributed by atoms with Gasteiger partial charge in [0.1, 0.15) is 23.0 Å². The lowest BCUT2D eigenvalue weighted by atomic mass is 10.4. The molecule has 0 amide bonds. The highest BCUT2D eigenvalue weighted by atomic mass is 32.2. The minimum atomic E-state index is -0.262. The molecular formula is C10H8FN3S. The molecule has 0 radical (unpaired) electrons. The van der Waals surface area contributed by atoms with Crippen molar-refractivity contribution in [2.45, 2.75) is 9.92 Å². The first-order valence-corrected chi connectivity index (χ1v) is 5.06. The molecule has 3 nitrogen and oxygen atoms in total. The van der Waals surface area contributed by atoms with Crippen LogP contribution >= 0.6 is 11.8 Å². The summed E-state index contributed by atoms with van der Waals surface area (Å²) in [5.74, 6) is 0.144. The fourth-order valence-corrected chi connectivity index (χ4v) is 1.90. The van der Waals surface area contributed by atoms with Crippen LogP contribution in [-0.2, 0) is 0 Å². The first-order valence-electron chi connectivity index (χ1n) is 4.25. The van der Waals surface area contributed by atoms with E-state index < -0.39 is 0 Å². The number of anilines is 1. The van der Waals surface area contributed by atoms with E-state index in [0.29, 0.717) is 10.8 Å². The van der Waals surface area contributed by atoms with E-state index in [9.17, 15) is 4.39 Å². The van der Waals surface area contributed by atoms with E-state index in [1.54, 1.807) is 12.1 Å². The van der Waals surface area contributed by atoms with Crippen molar-refractivity contribution >= 4 is 17.6 Å². The van der Waals surface area contributed by atoms with Gasteiger partial charge in [0.05, 0.1) is 0 Å². The van der Waals surface area contributed by atoms with Crippen molar-refractivity contribution < 1.29 is 4.39 Å². The van der Waals surface area contributed by atoms with Crippen LogP contribution in [0.15, 0.2) is 46.6 Å². The summed E-state index contributed by atoms with van der Waals surface area (Å²) >= 11 is 1.34. The predicted octanol–water partition coefficient (Wildman–Crippen LogP) is 2.35. The van der Waals surface area contributed by atoms with E-state index in [2.05, 4.69) is 9.97 Å². The highest BCUT2D eigenvalue weighted by Gasteiger charge is 2.00. The van der Waals surface area contributed by atoms with Crippen molar-refractivity contribution in [3.05, 3.63) is 42.5 Å². The van der Waals surface area contributed by atoms with Crippen molar-refractivity contribution in [1.82, 2.24) is 9.97 Å². The second-order valence-electron chi connectivity index (χ2n) is 2.84. The normalized spacial score (nSPS) is 10.2. The lowest BCUT2D eigenvalue weighted by molar-refractivity contribution is 0.624. The van der Waals surface area contributed by atoms with E-state index in [4.69, 9.17) is 5.73 Å². The minimum Gasteiger partial charge on any atom is -0.384 e. The molecule has 1 aromatic carbocycles. The summed E-state index contributed by atoms with van der Waals surface area (Å²) in [6.07, 6.45) is 1.39. The van der Waals surface area contributed by atoms with Crippen LogP contribution in [0.3, 0.4) is 0 Å². The summed E-state index contributed by atoms with van der Waals surface area (Å²) in [6.45, 7) is 0. The Morgan fingerprint density at radius 2 is 2.07 bits per heavy atom. The monoisotopic (exact) mass is 221 g/mol. The molecule has 0 saturated carbocycles. The third kappa shape index (κ3) is 2.66. The van der Waals surface area contributed by atoms with Gasteiger partial charge in [-0.25, -0.2) is 14.4 Å². The molecule has 15 heavy (non-hydrogen) atoms. The molecule has 1 aromatic heterocycles. The number of aromatic nitrogens is 2. The van der Waals surface area contributed by atoms with Crippen LogP contribution in [0.1, 0.15) is 0 Å². The summed E-state index contributed by atoms with van der Waals surface area (Å²) < 4.78 is 12.9. The first kappa shape index (κ1) is 9.92. The molecule has 0 aliphatic heterocycles. The van der Waals surface area contributed by atoms with Gasteiger partial charge in [0.15, 0.2) is 0 Å².